The molecule has 29 heavy (non-hydrogen) atoms. The molecule has 3 N–H and O–H groups in total. The molecule has 0 bridgehead atoms. The number of methoxy groups -OCH3 is 1. The first kappa shape index (κ1) is 20.6. The van der Waals surface area contributed by atoms with E-state index in [0.717, 1.165) is 5.56 Å². The van der Waals surface area contributed by atoms with Gasteiger partial charge >= 0.3 is 0 Å². The summed E-state index contributed by atoms with van der Waals surface area (Å²) in [5, 5.41) is 11.6. The Kier molecular flexibility index (Phi) is 6.05. The quantitative estimate of drug-likeness (QED) is 0.618. The Morgan fingerprint density at radius 3 is 2.59 bits per heavy atom. The number of benzene rings is 2. The molecule has 8 nitrogen and oxygen atoms in total. The van der Waals surface area contributed by atoms with Crippen molar-refractivity contribution < 1.29 is 14.3 Å². The summed E-state index contributed by atoms with van der Waals surface area (Å²) >= 11 is 12.0. The van der Waals surface area contributed by atoms with Gasteiger partial charge in [0.1, 0.15) is 5.75 Å². The number of aromatic nitrogens is 3. The number of ether oxygens (including phenoxy) is 1. The van der Waals surface area contributed by atoms with Gasteiger partial charge < -0.3 is 15.8 Å². The van der Waals surface area contributed by atoms with E-state index in [1.54, 1.807) is 29.8 Å². The second kappa shape index (κ2) is 8.50. The maximum absolute atomic E-state index is 12.7. The molecule has 0 aliphatic carbocycles. The first-order valence-corrected chi connectivity index (χ1v) is 9.19. The fourth-order valence-electron chi connectivity index (χ4n) is 2.67. The number of hydrogen-bond acceptors (Lipinski definition) is 5. The van der Waals surface area contributed by atoms with Gasteiger partial charge in [-0.15, -0.1) is 5.10 Å². The molecule has 150 valence electrons. The average Bonchev–Trinajstić information content (AvgIpc) is 3.05. The molecule has 2 aromatic carbocycles. The molecule has 1 heterocycles. The van der Waals surface area contributed by atoms with Gasteiger partial charge in [0.2, 0.25) is 5.91 Å². The first-order chi connectivity index (χ1) is 13.8. The molecule has 10 heteroatoms. The molecule has 2 amide bonds. The lowest BCUT2D eigenvalue weighted by Crippen LogP contribution is -2.16. The number of rotatable bonds is 6. The van der Waals surface area contributed by atoms with E-state index in [9.17, 15) is 9.59 Å². The zero-order valence-electron chi connectivity index (χ0n) is 15.6. The second-order valence-corrected chi connectivity index (χ2v) is 6.98. The van der Waals surface area contributed by atoms with E-state index in [2.05, 4.69) is 15.6 Å². The Morgan fingerprint density at radius 2 is 1.93 bits per heavy atom. The van der Waals surface area contributed by atoms with Crippen LogP contribution < -0.4 is 15.8 Å². The van der Waals surface area contributed by atoms with E-state index in [0.29, 0.717) is 33.7 Å². The molecule has 0 radical (unpaired) electrons. The lowest BCUT2D eigenvalue weighted by Gasteiger charge is -2.11. The van der Waals surface area contributed by atoms with Crippen LogP contribution >= 0.6 is 23.2 Å². The van der Waals surface area contributed by atoms with Crippen LogP contribution in [-0.2, 0) is 6.54 Å². The third-order valence-electron chi connectivity index (χ3n) is 4.25. The van der Waals surface area contributed by atoms with Gasteiger partial charge in [-0.25, -0.2) is 4.68 Å². The van der Waals surface area contributed by atoms with Gasteiger partial charge in [0.15, 0.2) is 5.69 Å². The number of halogens is 2. The van der Waals surface area contributed by atoms with Gasteiger partial charge in [-0.1, -0.05) is 34.5 Å². The summed E-state index contributed by atoms with van der Waals surface area (Å²) in [6.45, 7) is 2.09. The minimum Gasteiger partial charge on any atom is -0.495 e. The Morgan fingerprint density at radius 1 is 1.17 bits per heavy atom. The molecule has 1 aromatic heterocycles. The molecule has 3 rings (SSSR count). The summed E-state index contributed by atoms with van der Waals surface area (Å²) in [7, 11) is 1.45. The summed E-state index contributed by atoms with van der Waals surface area (Å²) in [5.41, 5.74) is 7.38. The summed E-state index contributed by atoms with van der Waals surface area (Å²) < 4.78 is 6.80. The number of hydrogen-bond donors (Lipinski definition) is 2. The first-order valence-electron chi connectivity index (χ1n) is 8.43. The van der Waals surface area contributed by atoms with Crippen molar-refractivity contribution in [3.05, 3.63) is 69.0 Å². The van der Waals surface area contributed by atoms with Gasteiger partial charge in [0, 0.05) is 5.56 Å². The van der Waals surface area contributed by atoms with Crippen LogP contribution in [0.3, 0.4) is 0 Å². The van der Waals surface area contributed by atoms with Crippen LogP contribution in [0.1, 0.15) is 32.1 Å². The number of primary amides is 1. The van der Waals surface area contributed by atoms with Crippen LogP contribution in [0.15, 0.2) is 36.4 Å². The minimum atomic E-state index is -0.619. The van der Waals surface area contributed by atoms with Crippen molar-refractivity contribution in [2.45, 2.75) is 13.5 Å². The maximum atomic E-state index is 12.7. The molecule has 0 saturated heterocycles. The fraction of sp³-hybridized carbons (Fsp3) is 0.158. The van der Waals surface area contributed by atoms with Crippen LogP contribution in [0.25, 0.3) is 0 Å². The van der Waals surface area contributed by atoms with Gasteiger partial charge in [-0.3, -0.25) is 9.59 Å². The van der Waals surface area contributed by atoms with Crippen molar-refractivity contribution >= 4 is 40.7 Å². The van der Waals surface area contributed by atoms with E-state index in [4.69, 9.17) is 33.7 Å². The van der Waals surface area contributed by atoms with Crippen molar-refractivity contribution in [3.63, 3.8) is 0 Å². The average molecular weight is 434 g/mol. The van der Waals surface area contributed by atoms with E-state index in [-0.39, 0.29) is 11.3 Å². The minimum absolute atomic E-state index is 0.136. The van der Waals surface area contributed by atoms with Crippen LogP contribution in [-0.4, -0.2) is 33.9 Å². The number of carbonyl (C=O) groups excluding carboxylic acids is 2. The third kappa shape index (κ3) is 4.49. The second-order valence-electron chi connectivity index (χ2n) is 6.16. The third-order valence-corrected chi connectivity index (χ3v) is 4.99. The van der Waals surface area contributed by atoms with Crippen LogP contribution in [0.4, 0.5) is 5.69 Å². The van der Waals surface area contributed by atoms with Crippen molar-refractivity contribution in [1.82, 2.24) is 15.0 Å². The summed E-state index contributed by atoms with van der Waals surface area (Å²) in [4.78, 5) is 24.1. The highest BCUT2D eigenvalue weighted by Crippen LogP contribution is 2.26. The molecule has 0 aliphatic heterocycles. The number of nitrogens with one attached hydrogen (secondary N) is 1. The SMILES string of the molecule is COc1ccc(C(N)=O)cc1NC(=O)c1nnn(Cc2ccc(Cl)c(Cl)c2)c1C. The maximum Gasteiger partial charge on any atom is 0.278 e. The number of nitrogens with two attached hydrogens (primary N) is 1. The molecule has 0 atom stereocenters. The molecule has 3 aromatic rings. The molecular formula is C19H17Cl2N5O3. The highest BCUT2D eigenvalue weighted by molar-refractivity contribution is 6.42. The highest BCUT2D eigenvalue weighted by Gasteiger charge is 2.19. The number of carbonyl (C=O) groups is 2. The lowest BCUT2D eigenvalue weighted by molar-refractivity contribution is 0.0995. The molecule has 0 fully saturated rings. The van der Waals surface area contributed by atoms with Gasteiger partial charge in [0.25, 0.3) is 5.91 Å². The predicted molar refractivity (Wildman–Crippen MR) is 110 cm³/mol. The topological polar surface area (TPSA) is 112 Å². The zero-order chi connectivity index (χ0) is 21.1. The monoisotopic (exact) mass is 433 g/mol. The summed E-state index contributed by atoms with van der Waals surface area (Å²) in [6.07, 6.45) is 0. The van der Waals surface area contributed by atoms with Crippen LogP contribution in [0.5, 0.6) is 5.75 Å². The standard InChI is InChI=1S/C19H17Cl2N5O3/c1-10-17(24-25-26(10)9-11-3-5-13(20)14(21)7-11)19(28)23-15-8-12(18(22)27)4-6-16(15)29-2/h3-8H,9H2,1-2H3,(H2,22,27)(H,23,28). The van der Waals surface area contributed by atoms with Gasteiger partial charge in [-0.2, -0.15) is 0 Å². The highest BCUT2D eigenvalue weighted by atomic mass is 35.5. The van der Waals surface area contributed by atoms with E-state index < -0.39 is 11.8 Å². The molecule has 0 saturated carbocycles. The van der Waals surface area contributed by atoms with Crippen molar-refractivity contribution in [2.75, 3.05) is 12.4 Å². The van der Waals surface area contributed by atoms with Gasteiger partial charge in [0.05, 0.1) is 35.1 Å². The summed E-state index contributed by atoms with van der Waals surface area (Å²) in [6, 6.07) is 9.73. The van der Waals surface area contributed by atoms with Gasteiger partial charge in [-0.05, 0) is 42.8 Å². The van der Waals surface area contributed by atoms with Crippen LogP contribution in [0, 0.1) is 6.92 Å². The van der Waals surface area contributed by atoms with Crippen molar-refractivity contribution in [2.24, 2.45) is 5.73 Å². The zero-order valence-corrected chi connectivity index (χ0v) is 17.1. The largest absolute Gasteiger partial charge is 0.495 e. The predicted octanol–water partition coefficient (Wildman–Crippen LogP) is 3.30. The fourth-order valence-corrected chi connectivity index (χ4v) is 2.99. The molecule has 0 aliphatic rings. The number of nitrogens with zero attached hydrogens (tertiary/aromatic N) is 3. The van der Waals surface area contributed by atoms with Crippen molar-refractivity contribution in [1.29, 1.82) is 0 Å². The van der Waals surface area contributed by atoms with Crippen LogP contribution in [0.2, 0.25) is 10.0 Å². The Balaban J connectivity index is 1.83. The Hall–Kier alpha value is -3.10. The van der Waals surface area contributed by atoms with Crippen molar-refractivity contribution in [3.8, 4) is 5.75 Å². The summed E-state index contributed by atoms with van der Waals surface area (Å²) in [5.74, 6) is -0.737. The normalized spacial score (nSPS) is 10.6. The Bertz CT molecular complexity index is 1100. The van der Waals surface area contributed by atoms with E-state index in [1.165, 1.54) is 19.2 Å². The smallest absolute Gasteiger partial charge is 0.278 e. The molecular weight excluding hydrogens is 417 g/mol. The van der Waals surface area contributed by atoms with E-state index >= 15 is 0 Å². The number of anilines is 1. The number of amides is 2. The molecule has 0 spiro atoms. The molecule has 0 unspecified atom stereocenters. The Labute approximate surface area is 176 Å². The van der Waals surface area contributed by atoms with E-state index in [1.807, 2.05) is 6.07 Å². The lowest BCUT2D eigenvalue weighted by atomic mass is 10.1.